The molecule has 0 radical (unpaired) electrons. The van der Waals surface area contributed by atoms with Crippen LogP contribution in [0.25, 0.3) is 16.7 Å². The normalized spacial score (nSPS) is 17.7. The van der Waals surface area contributed by atoms with Crippen LogP contribution in [0.4, 0.5) is 4.79 Å². The van der Waals surface area contributed by atoms with Crippen molar-refractivity contribution >= 4 is 40.6 Å². The SMILES string of the molecule is CC1(c2ccccc2)NC(=O)N(NC(=O)CSc2ncnc3c2cnn3-c2ccccc2)C1=O. The van der Waals surface area contributed by atoms with Crippen molar-refractivity contribution in [2.24, 2.45) is 0 Å². The Morgan fingerprint density at radius 1 is 1.06 bits per heavy atom. The van der Waals surface area contributed by atoms with Gasteiger partial charge in [0.15, 0.2) is 5.65 Å². The van der Waals surface area contributed by atoms with Crippen LogP contribution in [0, 0.1) is 0 Å². The lowest BCUT2D eigenvalue weighted by Crippen LogP contribution is -2.48. The van der Waals surface area contributed by atoms with E-state index in [0.29, 0.717) is 21.6 Å². The number of amides is 4. The zero-order valence-corrected chi connectivity index (χ0v) is 18.8. The number of aromatic nitrogens is 4. The maximum Gasteiger partial charge on any atom is 0.344 e. The van der Waals surface area contributed by atoms with Crippen LogP contribution in [-0.2, 0) is 15.1 Å². The number of nitrogens with zero attached hydrogens (tertiary/aromatic N) is 5. The maximum absolute atomic E-state index is 12.9. The van der Waals surface area contributed by atoms with Gasteiger partial charge in [-0.15, -0.1) is 0 Å². The Morgan fingerprint density at radius 2 is 1.76 bits per heavy atom. The molecule has 1 fully saturated rings. The fourth-order valence-electron chi connectivity index (χ4n) is 3.69. The summed E-state index contributed by atoms with van der Waals surface area (Å²) in [5.41, 5.74) is 3.22. The zero-order chi connectivity index (χ0) is 23.7. The van der Waals surface area contributed by atoms with Gasteiger partial charge in [-0.1, -0.05) is 60.3 Å². The molecular formula is C23H19N7O3S. The first-order valence-corrected chi connectivity index (χ1v) is 11.3. The lowest BCUT2D eigenvalue weighted by atomic mass is 9.92. The van der Waals surface area contributed by atoms with E-state index in [0.717, 1.165) is 22.5 Å². The van der Waals surface area contributed by atoms with E-state index in [-0.39, 0.29) is 5.75 Å². The number of nitrogens with one attached hydrogen (secondary N) is 2. The molecule has 0 spiro atoms. The Kier molecular flexibility index (Phi) is 5.46. The van der Waals surface area contributed by atoms with Crippen LogP contribution in [0.1, 0.15) is 12.5 Å². The zero-order valence-electron chi connectivity index (χ0n) is 18.0. The number of para-hydroxylation sites is 1. The number of imide groups is 1. The molecule has 2 aromatic carbocycles. The lowest BCUT2D eigenvalue weighted by molar-refractivity contribution is -0.138. The van der Waals surface area contributed by atoms with Gasteiger partial charge in [0, 0.05) is 0 Å². The van der Waals surface area contributed by atoms with Crippen LogP contribution in [-0.4, -0.2) is 48.4 Å². The molecule has 4 aromatic rings. The topological polar surface area (TPSA) is 122 Å². The second-order valence-corrected chi connectivity index (χ2v) is 8.66. The van der Waals surface area contributed by atoms with Crippen molar-refractivity contribution in [3.05, 3.63) is 78.8 Å². The minimum atomic E-state index is -1.26. The quantitative estimate of drug-likeness (QED) is 0.250. The molecular weight excluding hydrogens is 454 g/mol. The van der Waals surface area contributed by atoms with E-state index in [4.69, 9.17) is 0 Å². The highest BCUT2D eigenvalue weighted by atomic mass is 32.2. The highest BCUT2D eigenvalue weighted by Gasteiger charge is 2.49. The summed E-state index contributed by atoms with van der Waals surface area (Å²) in [5, 5.41) is 9.02. The summed E-state index contributed by atoms with van der Waals surface area (Å²) in [4.78, 5) is 46.6. The van der Waals surface area contributed by atoms with E-state index in [1.807, 2.05) is 36.4 Å². The van der Waals surface area contributed by atoms with Crippen LogP contribution < -0.4 is 10.7 Å². The molecule has 4 amide bonds. The molecule has 170 valence electrons. The second kappa shape index (κ2) is 8.60. The fourth-order valence-corrected chi connectivity index (χ4v) is 4.45. The number of urea groups is 1. The predicted molar refractivity (Wildman–Crippen MR) is 125 cm³/mol. The van der Waals surface area contributed by atoms with Crippen LogP contribution >= 0.6 is 11.8 Å². The van der Waals surface area contributed by atoms with Crippen LogP contribution in [0.3, 0.4) is 0 Å². The molecule has 0 saturated carbocycles. The van der Waals surface area contributed by atoms with Gasteiger partial charge in [-0.05, 0) is 24.6 Å². The van der Waals surface area contributed by atoms with Gasteiger partial charge in [0.1, 0.15) is 16.9 Å². The Hall–Kier alpha value is -4.25. The minimum Gasteiger partial charge on any atom is -0.318 e. The van der Waals surface area contributed by atoms with Crippen molar-refractivity contribution in [3.63, 3.8) is 0 Å². The number of carbonyl (C=O) groups excluding carboxylic acids is 3. The molecule has 34 heavy (non-hydrogen) atoms. The Bertz CT molecular complexity index is 1390. The molecule has 5 rings (SSSR count). The van der Waals surface area contributed by atoms with Crippen molar-refractivity contribution in [1.29, 1.82) is 0 Å². The monoisotopic (exact) mass is 473 g/mol. The standard InChI is InChI=1S/C23H19N7O3S/c1-23(15-8-4-2-5-9-15)21(32)30(22(33)27-23)28-18(31)13-34-20-17-12-26-29(19(17)24-14-25-20)16-10-6-3-7-11-16/h2-12,14H,13H2,1H3,(H,27,33)(H,28,31). The summed E-state index contributed by atoms with van der Waals surface area (Å²) in [7, 11) is 0. The summed E-state index contributed by atoms with van der Waals surface area (Å²) < 4.78 is 1.69. The third-order valence-electron chi connectivity index (χ3n) is 5.45. The summed E-state index contributed by atoms with van der Waals surface area (Å²) >= 11 is 1.16. The van der Waals surface area contributed by atoms with Gasteiger partial charge >= 0.3 is 6.03 Å². The van der Waals surface area contributed by atoms with E-state index in [2.05, 4.69) is 25.8 Å². The highest BCUT2D eigenvalue weighted by Crippen LogP contribution is 2.28. The summed E-state index contributed by atoms with van der Waals surface area (Å²) in [5.74, 6) is -1.15. The first kappa shape index (κ1) is 21.6. The van der Waals surface area contributed by atoms with Gasteiger partial charge in [0.2, 0.25) is 5.91 Å². The minimum absolute atomic E-state index is 0.0677. The average molecular weight is 474 g/mol. The summed E-state index contributed by atoms with van der Waals surface area (Å²) in [6.45, 7) is 1.60. The molecule has 2 aromatic heterocycles. The molecule has 3 heterocycles. The van der Waals surface area contributed by atoms with Gasteiger partial charge in [-0.2, -0.15) is 10.1 Å². The molecule has 1 aliphatic heterocycles. The van der Waals surface area contributed by atoms with E-state index in [1.54, 1.807) is 42.1 Å². The summed E-state index contributed by atoms with van der Waals surface area (Å²) in [6.07, 6.45) is 3.05. The third-order valence-corrected chi connectivity index (χ3v) is 6.45. The number of hydrogen-bond acceptors (Lipinski definition) is 7. The summed E-state index contributed by atoms with van der Waals surface area (Å²) in [6, 6.07) is 17.7. The number of fused-ring (bicyclic) bond motifs is 1. The van der Waals surface area contributed by atoms with Crippen LogP contribution in [0.15, 0.2) is 78.2 Å². The number of carbonyl (C=O) groups is 3. The number of thioether (sulfide) groups is 1. The Morgan fingerprint density at radius 3 is 2.50 bits per heavy atom. The molecule has 2 N–H and O–H groups in total. The van der Waals surface area contributed by atoms with E-state index in [9.17, 15) is 14.4 Å². The molecule has 1 unspecified atom stereocenters. The number of benzene rings is 2. The van der Waals surface area contributed by atoms with Crippen molar-refractivity contribution in [2.45, 2.75) is 17.5 Å². The van der Waals surface area contributed by atoms with E-state index in [1.165, 1.54) is 6.33 Å². The van der Waals surface area contributed by atoms with Gasteiger partial charge in [-0.3, -0.25) is 15.0 Å². The molecule has 1 saturated heterocycles. The molecule has 10 nitrogen and oxygen atoms in total. The number of rotatable bonds is 6. The molecule has 0 aliphatic carbocycles. The highest BCUT2D eigenvalue weighted by molar-refractivity contribution is 8.00. The first-order valence-electron chi connectivity index (χ1n) is 10.4. The van der Waals surface area contributed by atoms with Gasteiger partial charge in [-0.25, -0.2) is 19.4 Å². The van der Waals surface area contributed by atoms with Crippen molar-refractivity contribution in [1.82, 2.24) is 35.5 Å². The van der Waals surface area contributed by atoms with Crippen LogP contribution in [0.5, 0.6) is 0 Å². The van der Waals surface area contributed by atoms with Crippen molar-refractivity contribution < 1.29 is 14.4 Å². The largest absolute Gasteiger partial charge is 0.344 e. The maximum atomic E-state index is 12.9. The first-order chi connectivity index (χ1) is 16.5. The molecule has 1 atom stereocenters. The number of hydrazine groups is 1. The lowest BCUT2D eigenvalue weighted by Gasteiger charge is -2.22. The smallest absolute Gasteiger partial charge is 0.318 e. The van der Waals surface area contributed by atoms with Gasteiger partial charge in [0.25, 0.3) is 5.91 Å². The molecule has 0 bridgehead atoms. The number of hydrogen-bond donors (Lipinski definition) is 2. The molecule has 1 aliphatic rings. The fraction of sp³-hybridized carbons (Fsp3) is 0.130. The van der Waals surface area contributed by atoms with E-state index < -0.39 is 23.4 Å². The Labute approximate surface area is 198 Å². The average Bonchev–Trinajstić information content (AvgIpc) is 3.39. The molecule has 11 heteroatoms. The van der Waals surface area contributed by atoms with Crippen molar-refractivity contribution in [2.75, 3.05) is 5.75 Å². The third kappa shape index (κ3) is 3.75. The van der Waals surface area contributed by atoms with E-state index >= 15 is 0 Å². The predicted octanol–water partition coefficient (Wildman–Crippen LogP) is 2.41. The Balaban J connectivity index is 1.29. The van der Waals surface area contributed by atoms with Gasteiger partial charge < -0.3 is 5.32 Å². The van der Waals surface area contributed by atoms with Crippen molar-refractivity contribution in [3.8, 4) is 5.69 Å². The van der Waals surface area contributed by atoms with Crippen LogP contribution in [0.2, 0.25) is 0 Å². The second-order valence-electron chi connectivity index (χ2n) is 7.69. The van der Waals surface area contributed by atoms with Gasteiger partial charge in [0.05, 0.1) is 23.0 Å².